The highest BCUT2D eigenvalue weighted by atomic mass is 19.1. The fraction of sp³-hybridized carbons (Fsp3) is 0.348. The van der Waals surface area contributed by atoms with Crippen molar-refractivity contribution < 1.29 is 9.18 Å². The number of para-hydroxylation sites is 1. The molecule has 0 spiro atoms. The van der Waals surface area contributed by atoms with Gasteiger partial charge in [-0.15, -0.1) is 0 Å². The number of hydrogen-bond donors (Lipinski definition) is 0. The minimum Gasteiger partial charge on any atom is -0.302 e. The fourth-order valence-electron chi connectivity index (χ4n) is 4.05. The Labute approximate surface area is 168 Å². The summed E-state index contributed by atoms with van der Waals surface area (Å²) in [5.74, 6) is 0.458. The second-order valence-electron chi connectivity index (χ2n) is 7.62. The first kappa shape index (κ1) is 19.5. The lowest BCUT2D eigenvalue weighted by Crippen LogP contribution is -2.39. The zero-order chi connectivity index (χ0) is 20.4. The number of Topliss-reactive ketones (excluding diaryl/α,β-unsaturated/α-hetero) is 1. The Bertz CT molecular complexity index is 1080. The third kappa shape index (κ3) is 4.12. The molecule has 0 amide bonds. The minimum absolute atomic E-state index is 0.00512. The number of halogens is 1. The van der Waals surface area contributed by atoms with Gasteiger partial charge in [-0.05, 0) is 69.3 Å². The van der Waals surface area contributed by atoms with E-state index in [9.17, 15) is 14.0 Å². The highest BCUT2D eigenvalue weighted by molar-refractivity contribution is 5.97. The van der Waals surface area contributed by atoms with Crippen LogP contribution in [0.2, 0.25) is 0 Å². The van der Waals surface area contributed by atoms with Gasteiger partial charge in [0.15, 0.2) is 5.78 Å². The van der Waals surface area contributed by atoms with Crippen LogP contribution in [0.1, 0.15) is 29.0 Å². The van der Waals surface area contributed by atoms with Crippen molar-refractivity contribution in [3.63, 3.8) is 0 Å². The van der Waals surface area contributed by atoms with Crippen molar-refractivity contribution in [2.75, 3.05) is 19.6 Å². The highest BCUT2D eigenvalue weighted by Crippen LogP contribution is 2.22. The molecule has 29 heavy (non-hydrogen) atoms. The van der Waals surface area contributed by atoms with E-state index in [1.807, 2.05) is 31.2 Å². The summed E-state index contributed by atoms with van der Waals surface area (Å²) < 4.78 is 14.8. The first-order valence-corrected chi connectivity index (χ1v) is 10.0. The van der Waals surface area contributed by atoms with Gasteiger partial charge in [-0.2, -0.15) is 0 Å². The van der Waals surface area contributed by atoms with Crippen LogP contribution >= 0.6 is 0 Å². The molecule has 0 bridgehead atoms. The standard InChI is InChI=1S/C23H24FN3O2/c1-16-25-21-5-3-2-4-20(21)23(29)27(16)15-14-26-12-10-18(11-13-26)22(28)17-6-8-19(24)9-7-17/h2-9,18H,10-15H2,1H3. The molecule has 1 aliphatic rings. The maximum Gasteiger partial charge on any atom is 0.261 e. The van der Waals surface area contributed by atoms with E-state index < -0.39 is 0 Å². The van der Waals surface area contributed by atoms with Gasteiger partial charge in [0.05, 0.1) is 10.9 Å². The van der Waals surface area contributed by atoms with Crippen molar-refractivity contribution >= 4 is 16.7 Å². The van der Waals surface area contributed by atoms with E-state index in [0.717, 1.165) is 43.8 Å². The lowest BCUT2D eigenvalue weighted by Gasteiger charge is -2.31. The number of hydrogen-bond acceptors (Lipinski definition) is 4. The Balaban J connectivity index is 1.37. The van der Waals surface area contributed by atoms with Gasteiger partial charge in [-0.3, -0.25) is 14.2 Å². The number of carbonyl (C=O) groups excluding carboxylic acids is 1. The lowest BCUT2D eigenvalue weighted by molar-refractivity contribution is 0.0837. The molecule has 1 fully saturated rings. The monoisotopic (exact) mass is 393 g/mol. The van der Waals surface area contributed by atoms with Crippen LogP contribution in [0, 0.1) is 18.7 Å². The molecule has 0 radical (unpaired) electrons. The summed E-state index contributed by atoms with van der Waals surface area (Å²) in [5.41, 5.74) is 1.30. The zero-order valence-electron chi connectivity index (χ0n) is 16.5. The molecule has 0 atom stereocenters. The predicted molar refractivity (Wildman–Crippen MR) is 111 cm³/mol. The van der Waals surface area contributed by atoms with Crippen molar-refractivity contribution in [3.8, 4) is 0 Å². The number of piperidine rings is 1. The molecule has 4 rings (SSSR count). The Morgan fingerprint density at radius 3 is 2.48 bits per heavy atom. The van der Waals surface area contributed by atoms with Gasteiger partial charge in [-0.25, -0.2) is 9.37 Å². The molecule has 6 heteroatoms. The van der Waals surface area contributed by atoms with E-state index in [-0.39, 0.29) is 23.1 Å². The third-order valence-electron chi connectivity index (χ3n) is 5.78. The maximum absolute atomic E-state index is 13.1. The van der Waals surface area contributed by atoms with Crippen LogP contribution in [0.15, 0.2) is 53.3 Å². The minimum atomic E-state index is -0.329. The highest BCUT2D eigenvalue weighted by Gasteiger charge is 2.25. The molecule has 2 aromatic carbocycles. The van der Waals surface area contributed by atoms with E-state index in [1.165, 1.54) is 12.1 Å². The largest absolute Gasteiger partial charge is 0.302 e. The number of rotatable bonds is 5. The number of ketones is 1. The van der Waals surface area contributed by atoms with Crippen LogP contribution < -0.4 is 5.56 Å². The van der Waals surface area contributed by atoms with E-state index in [4.69, 9.17) is 0 Å². The van der Waals surface area contributed by atoms with Crippen LogP contribution in [-0.4, -0.2) is 39.9 Å². The van der Waals surface area contributed by atoms with E-state index >= 15 is 0 Å². The molecule has 1 aromatic heterocycles. The normalized spacial score (nSPS) is 15.7. The van der Waals surface area contributed by atoms with Gasteiger partial charge in [-0.1, -0.05) is 12.1 Å². The van der Waals surface area contributed by atoms with Crippen molar-refractivity contribution in [3.05, 3.63) is 76.1 Å². The molecule has 0 unspecified atom stereocenters. The smallest absolute Gasteiger partial charge is 0.261 e. The van der Waals surface area contributed by atoms with Crippen LogP contribution in [0.25, 0.3) is 10.9 Å². The predicted octanol–water partition coefficient (Wildman–Crippen LogP) is 3.44. The molecule has 1 aliphatic heterocycles. The average molecular weight is 393 g/mol. The van der Waals surface area contributed by atoms with Crippen molar-refractivity contribution in [2.24, 2.45) is 5.92 Å². The molecular formula is C23H24FN3O2. The van der Waals surface area contributed by atoms with Crippen molar-refractivity contribution in [2.45, 2.75) is 26.3 Å². The quantitative estimate of drug-likeness (QED) is 0.623. The number of aryl methyl sites for hydroxylation is 1. The number of nitrogens with zero attached hydrogens (tertiary/aromatic N) is 3. The summed E-state index contributed by atoms with van der Waals surface area (Å²) in [6.07, 6.45) is 1.56. The topological polar surface area (TPSA) is 55.2 Å². The second-order valence-corrected chi connectivity index (χ2v) is 7.62. The van der Waals surface area contributed by atoms with Crippen molar-refractivity contribution in [1.82, 2.24) is 14.5 Å². The SMILES string of the molecule is Cc1nc2ccccc2c(=O)n1CCN1CCC(C(=O)c2ccc(F)cc2)CC1. The molecule has 0 saturated carbocycles. The van der Waals surface area contributed by atoms with E-state index in [2.05, 4.69) is 9.88 Å². The first-order valence-electron chi connectivity index (χ1n) is 10.0. The third-order valence-corrected chi connectivity index (χ3v) is 5.78. The molecule has 0 N–H and O–H groups in total. The molecule has 5 nitrogen and oxygen atoms in total. The van der Waals surface area contributed by atoms with Gasteiger partial charge in [0.2, 0.25) is 0 Å². The molecule has 1 saturated heterocycles. The van der Waals surface area contributed by atoms with Gasteiger partial charge in [0.1, 0.15) is 11.6 Å². The molecule has 150 valence electrons. The van der Waals surface area contributed by atoms with Crippen LogP contribution in [-0.2, 0) is 6.54 Å². The Morgan fingerprint density at radius 1 is 1.07 bits per heavy atom. The summed E-state index contributed by atoms with van der Waals surface area (Å²) in [7, 11) is 0. The molecule has 0 aliphatic carbocycles. The van der Waals surface area contributed by atoms with E-state index in [1.54, 1.807) is 16.7 Å². The zero-order valence-corrected chi connectivity index (χ0v) is 16.5. The van der Waals surface area contributed by atoms with Crippen LogP contribution in [0.3, 0.4) is 0 Å². The summed E-state index contributed by atoms with van der Waals surface area (Å²) in [6.45, 7) is 4.82. The second kappa shape index (κ2) is 8.25. The van der Waals surface area contributed by atoms with Gasteiger partial charge >= 0.3 is 0 Å². The number of benzene rings is 2. The molecule has 3 aromatic rings. The number of carbonyl (C=O) groups is 1. The summed E-state index contributed by atoms with van der Waals surface area (Å²) >= 11 is 0. The van der Waals surface area contributed by atoms with Crippen molar-refractivity contribution in [1.29, 1.82) is 0 Å². The Kier molecular flexibility index (Phi) is 5.53. The Morgan fingerprint density at radius 2 is 1.76 bits per heavy atom. The Hall–Kier alpha value is -2.86. The molecular weight excluding hydrogens is 369 g/mol. The van der Waals surface area contributed by atoms with Gasteiger partial charge in [0.25, 0.3) is 5.56 Å². The van der Waals surface area contributed by atoms with Crippen LogP contribution in [0.4, 0.5) is 4.39 Å². The first-order chi connectivity index (χ1) is 14.0. The maximum atomic E-state index is 13.1. The van der Waals surface area contributed by atoms with Gasteiger partial charge in [0, 0.05) is 24.6 Å². The van der Waals surface area contributed by atoms with Crippen LogP contribution in [0.5, 0.6) is 0 Å². The fourth-order valence-corrected chi connectivity index (χ4v) is 4.05. The van der Waals surface area contributed by atoms with Gasteiger partial charge < -0.3 is 4.90 Å². The number of likely N-dealkylation sites (tertiary alicyclic amines) is 1. The lowest BCUT2D eigenvalue weighted by atomic mass is 9.89. The average Bonchev–Trinajstić information content (AvgIpc) is 2.74. The summed E-state index contributed by atoms with van der Waals surface area (Å²) in [4.78, 5) is 32.2. The number of aromatic nitrogens is 2. The summed E-state index contributed by atoms with van der Waals surface area (Å²) in [6, 6.07) is 13.2. The number of fused-ring (bicyclic) bond motifs is 1. The van der Waals surface area contributed by atoms with E-state index in [0.29, 0.717) is 17.5 Å². The molecule has 2 heterocycles. The summed E-state index contributed by atoms with van der Waals surface area (Å²) in [5, 5.41) is 0.640.